The summed E-state index contributed by atoms with van der Waals surface area (Å²) in [5.41, 5.74) is 9.68. The lowest BCUT2D eigenvalue weighted by molar-refractivity contribution is 0.0997. The topological polar surface area (TPSA) is 95.8 Å². The summed E-state index contributed by atoms with van der Waals surface area (Å²) in [7, 11) is 0. The van der Waals surface area contributed by atoms with Crippen LogP contribution in [-0.4, -0.2) is 25.0 Å². The number of primary amides is 1. The maximum atomic E-state index is 13.7. The van der Waals surface area contributed by atoms with Crippen molar-refractivity contribution in [3.8, 4) is 17.1 Å². The largest absolute Gasteiger partial charge is 0.364 e. The molecule has 0 saturated carbocycles. The van der Waals surface area contributed by atoms with Crippen molar-refractivity contribution in [3.63, 3.8) is 0 Å². The van der Waals surface area contributed by atoms with Crippen molar-refractivity contribution in [1.82, 2.24) is 19.1 Å². The van der Waals surface area contributed by atoms with Gasteiger partial charge in [-0.2, -0.15) is 0 Å². The van der Waals surface area contributed by atoms with Crippen LogP contribution in [0.1, 0.15) is 27.2 Å². The molecule has 0 saturated heterocycles. The van der Waals surface area contributed by atoms with Gasteiger partial charge >= 0.3 is 5.69 Å². The van der Waals surface area contributed by atoms with Crippen LogP contribution in [0.15, 0.2) is 77.6 Å². The molecule has 0 unspecified atom stereocenters. The fourth-order valence-electron chi connectivity index (χ4n) is 4.25. The molecule has 174 valence electrons. The normalized spacial score (nSPS) is 11.2. The average Bonchev–Trinajstić information content (AvgIpc) is 3.10. The number of fused-ring (bicyclic) bond motifs is 1. The summed E-state index contributed by atoms with van der Waals surface area (Å²) >= 11 is 0. The summed E-state index contributed by atoms with van der Waals surface area (Å²) < 4.78 is 16.5. The van der Waals surface area contributed by atoms with Gasteiger partial charge in [0.05, 0.1) is 12.2 Å². The van der Waals surface area contributed by atoms with Gasteiger partial charge in [0.2, 0.25) is 0 Å². The Bertz CT molecular complexity index is 1640. The molecule has 2 heterocycles. The first-order valence-electron chi connectivity index (χ1n) is 11.0. The third-order valence-corrected chi connectivity index (χ3v) is 5.89. The van der Waals surface area contributed by atoms with E-state index in [0.717, 1.165) is 16.7 Å². The van der Waals surface area contributed by atoms with E-state index >= 15 is 0 Å². The SMILES string of the molecule is Cc1ccc(-c2nc(C(N)=O)c3c(n2)n(-c2ccc(F)cc2)c(=O)n3Cc2ccccc2)c(C)c1. The lowest BCUT2D eigenvalue weighted by Crippen LogP contribution is -2.24. The molecule has 7 nitrogen and oxygen atoms in total. The van der Waals surface area contributed by atoms with Gasteiger partial charge in [-0.3, -0.25) is 9.36 Å². The van der Waals surface area contributed by atoms with Crippen molar-refractivity contribution in [1.29, 1.82) is 0 Å². The van der Waals surface area contributed by atoms with E-state index in [1.165, 1.54) is 33.4 Å². The monoisotopic (exact) mass is 467 g/mol. The molecular formula is C27H22FN5O2. The third kappa shape index (κ3) is 3.99. The van der Waals surface area contributed by atoms with Crippen molar-refractivity contribution in [3.05, 3.63) is 111 Å². The number of rotatable bonds is 5. The summed E-state index contributed by atoms with van der Waals surface area (Å²) in [4.78, 5) is 35.6. The first kappa shape index (κ1) is 22.2. The number of hydrogen-bond acceptors (Lipinski definition) is 4. The Kier molecular flexibility index (Phi) is 5.49. The van der Waals surface area contributed by atoms with Crippen LogP contribution >= 0.6 is 0 Å². The third-order valence-electron chi connectivity index (χ3n) is 5.89. The van der Waals surface area contributed by atoms with E-state index in [0.29, 0.717) is 11.3 Å². The van der Waals surface area contributed by atoms with E-state index in [1.807, 2.05) is 62.4 Å². The van der Waals surface area contributed by atoms with Gasteiger partial charge in [-0.25, -0.2) is 23.7 Å². The van der Waals surface area contributed by atoms with Gasteiger partial charge in [-0.15, -0.1) is 0 Å². The number of imidazole rings is 1. The number of halogens is 1. The number of carbonyl (C=O) groups excluding carboxylic acids is 1. The fraction of sp³-hybridized carbons (Fsp3) is 0.111. The summed E-state index contributed by atoms with van der Waals surface area (Å²) in [6, 6.07) is 20.7. The molecule has 0 aliphatic rings. The van der Waals surface area contributed by atoms with Crippen LogP contribution in [0.4, 0.5) is 4.39 Å². The molecule has 3 aromatic carbocycles. The molecule has 35 heavy (non-hydrogen) atoms. The molecule has 0 atom stereocenters. The standard InChI is InChI=1S/C27H22FN5O2/c1-16-8-13-21(17(2)14-16)25-30-22(24(29)34)23-26(31-25)33(20-11-9-19(28)10-12-20)27(35)32(23)15-18-6-4-3-5-7-18/h3-14H,15H2,1-2H3,(H2,29,34). The van der Waals surface area contributed by atoms with Crippen LogP contribution in [0, 0.1) is 19.7 Å². The molecule has 0 bridgehead atoms. The highest BCUT2D eigenvalue weighted by Crippen LogP contribution is 2.26. The van der Waals surface area contributed by atoms with Gasteiger partial charge in [0, 0.05) is 5.56 Å². The van der Waals surface area contributed by atoms with Crippen LogP contribution in [0.25, 0.3) is 28.2 Å². The van der Waals surface area contributed by atoms with Gasteiger partial charge < -0.3 is 5.73 Å². The second kappa shape index (κ2) is 8.64. The molecule has 0 fully saturated rings. The minimum Gasteiger partial charge on any atom is -0.364 e. The summed E-state index contributed by atoms with van der Waals surface area (Å²) in [5, 5.41) is 0. The molecule has 1 amide bonds. The first-order valence-corrected chi connectivity index (χ1v) is 11.0. The molecule has 8 heteroatoms. The Morgan fingerprint density at radius 3 is 2.34 bits per heavy atom. The summed E-state index contributed by atoms with van der Waals surface area (Å²) in [6.45, 7) is 4.08. The van der Waals surface area contributed by atoms with Gasteiger partial charge in [0.25, 0.3) is 5.91 Å². The lowest BCUT2D eigenvalue weighted by Gasteiger charge is -2.10. The van der Waals surface area contributed by atoms with Crippen LogP contribution in [-0.2, 0) is 6.54 Å². The molecule has 0 aliphatic carbocycles. The quantitative estimate of drug-likeness (QED) is 0.420. The smallest absolute Gasteiger partial charge is 0.335 e. The van der Waals surface area contributed by atoms with Crippen LogP contribution in [0.5, 0.6) is 0 Å². The number of nitrogens with zero attached hydrogens (tertiary/aromatic N) is 4. The van der Waals surface area contributed by atoms with Crippen molar-refractivity contribution < 1.29 is 9.18 Å². The minimum absolute atomic E-state index is 0.0566. The number of aryl methyl sites for hydroxylation is 2. The second-order valence-corrected chi connectivity index (χ2v) is 8.42. The second-order valence-electron chi connectivity index (χ2n) is 8.42. The van der Waals surface area contributed by atoms with Crippen molar-refractivity contribution in [2.24, 2.45) is 5.73 Å². The molecule has 0 spiro atoms. The number of nitrogens with two attached hydrogens (primary N) is 1. The van der Waals surface area contributed by atoms with Crippen molar-refractivity contribution >= 4 is 17.1 Å². The highest BCUT2D eigenvalue weighted by Gasteiger charge is 2.25. The molecule has 2 aromatic heterocycles. The van der Waals surface area contributed by atoms with Gasteiger partial charge in [0.15, 0.2) is 17.2 Å². The average molecular weight is 468 g/mol. The zero-order valence-electron chi connectivity index (χ0n) is 19.2. The Hall–Kier alpha value is -4.59. The van der Waals surface area contributed by atoms with Crippen LogP contribution in [0.3, 0.4) is 0 Å². The van der Waals surface area contributed by atoms with Gasteiger partial charge in [-0.05, 0) is 49.2 Å². The number of amides is 1. The molecular weight excluding hydrogens is 445 g/mol. The molecule has 5 aromatic rings. The first-order chi connectivity index (χ1) is 16.8. The van der Waals surface area contributed by atoms with Crippen molar-refractivity contribution in [2.75, 3.05) is 0 Å². The number of aromatic nitrogens is 4. The zero-order valence-corrected chi connectivity index (χ0v) is 19.2. The molecule has 0 aliphatic heterocycles. The molecule has 5 rings (SSSR count). The Labute approximate surface area is 200 Å². The van der Waals surface area contributed by atoms with E-state index in [9.17, 15) is 14.0 Å². The molecule has 0 radical (unpaired) electrons. The molecule has 2 N–H and O–H groups in total. The Morgan fingerprint density at radius 1 is 0.971 bits per heavy atom. The lowest BCUT2D eigenvalue weighted by atomic mass is 10.1. The number of benzene rings is 3. The Balaban J connectivity index is 1.87. The predicted octanol–water partition coefficient (Wildman–Crippen LogP) is 4.15. The van der Waals surface area contributed by atoms with Gasteiger partial charge in [-0.1, -0.05) is 54.1 Å². The number of carbonyl (C=O) groups is 1. The maximum absolute atomic E-state index is 13.7. The van der Waals surface area contributed by atoms with Crippen molar-refractivity contribution in [2.45, 2.75) is 20.4 Å². The highest BCUT2D eigenvalue weighted by atomic mass is 19.1. The fourth-order valence-corrected chi connectivity index (χ4v) is 4.25. The van der Waals surface area contributed by atoms with E-state index < -0.39 is 17.4 Å². The zero-order chi connectivity index (χ0) is 24.7. The maximum Gasteiger partial charge on any atom is 0.335 e. The summed E-state index contributed by atoms with van der Waals surface area (Å²) in [6.07, 6.45) is 0. The number of hydrogen-bond donors (Lipinski definition) is 1. The van der Waals surface area contributed by atoms with E-state index in [1.54, 1.807) is 0 Å². The highest BCUT2D eigenvalue weighted by molar-refractivity contribution is 6.02. The van der Waals surface area contributed by atoms with Gasteiger partial charge in [0.1, 0.15) is 11.3 Å². The summed E-state index contributed by atoms with van der Waals surface area (Å²) in [5.74, 6) is -0.934. The van der Waals surface area contributed by atoms with Crippen LogP contribution in [0.2, 0.25) is 0 Å². The van der Waals surface area contributed by atoms with E-state index in [2.05, 4.69) is 4.98 Å². The van der Waals surface area contributed by atoms with E-state index in [-0.39, 0.29) is 29.2 Å². The van der Waals surface area contributed by atoms with E-state index in [4.69, 9.17) is 10.7 Å². The Morgan fingerprint density at radius 2 is 1.69 bits per heavy atom. The minimum atomic E-state index is -0.776. The van der Waals surface area contributed by atoms with Crippen LogP contribution < -0.4 is 11.4 Å². The predicted molar refractivity (Wildman–Crippen MR) is 132 cm³/mol.